The van der Waals surface area contributed by atoms with E-state index in [1.54, 1.807) is 0 Å². The molecular formula is C11H13NO2. The van der Waals surface area contributed by atoms with Gasteiger partial charge in [-0.1, -0.05) is 6.07 Å². The van der Waals surface area contributed by atoms with Crippen molar-refractivity contribution < 1.29 is 9.53 Å². The molecule has 3 heteroatoms. The molecule has 0 atom stereocenters. The molecule has 0 saturated carbocycles. The average Bonchev–Trinajstić information content (AvgIpc) is 2.59. The van der Waals surface area contributed by atoms with Gasteiger partial charge in [0.2, 0.25) is 0 Å². The van der Waals surface area contributed by atoms with Crippen molar-refractivity contribution in [2.45, 2.75) is 6.42 Å². The first-order valence-electron chi connectivity index (χ1n) is 4.65. The van der Waals surface area contributed by atoms with E-state index in [0.29, 0.717) is 5.56 Å². The zero-order valence-corrected chi connectivity index (χ0v) is 8.41. The highest BCUT2D eigenvalue weighted by Crippen LogP contribution is 2.27. The van der Waals surface area contributed by atoms with Crippen LogP contribution in [0.4, 0.5) is 5.69 Å². The van der Waals surface area contributed by atoms with Crippen LogP contribution in [0.25, 0.3) is 0 Å². The first-order chi connectivity index (χ1) is 6.72. The molecule has 1 aromatic rings. The predicted molar refractivity (Wildman–Crippen MR) is 54.8 cm³/mol. The predicted octanol–water partition coefficient (Wildman–Crippen LogP) is 1.47. The van der Waals surface area contributed by atoms with Gasteiger partial charge in [0.15, 0.2) is 0 Å². The van der Waals surface area contributed by atoms with Gasteiger partial charge in [0.1, 0.15) is 0 Å². The molecule has 0 aliphatic carbocycles. The minimum Gasteiger partial charge on any atom is -0.465 e. The number of likely N-dealkylation sites (N-methyl/N-ethyl adjacent to an activating group) is 1. The van der Waals surface area contributed by atoms with E-state index in [9.17, 15) is 4.79 Å². The summed E-state index contributed by atoms with van der Waals surface area (Å²) < 4.78 is 4.67. The second kappa shape index (κ2) is 3.33. The van der Waals surface area contributed by atoms with Gasteiger partial charge in [-0.3, -0.25) is 0 Å². The summed E-state index contributed by atoms with van der Waals surface area (Å²) >= 11 is 0. The molecule has 0 radical (unpaired) electrons. The largest absolute Gasteiger partial charge is 0.465 e. The van der Waals surface area contributed by atoms with Gasteiger partial charge < -0.3 is 9.64 Å². The normalized spacial score (nSPS) is 14.0. The van der Waals surface area contributed by atoms with Gasteiger partial charge in [-0.25, -0.2) is 4.79 Å². The minimum atomic E-state index is -0.270. The van der Waals surface area contributed by atoms with Crippen molar-refractivity contribution in [2.24, 2.45) is 0 Å². The number of hydrogen-bond acceptors (Lipinski definition) is 3. The van der Waals surface area contributed by atoms with Gasteiger partial charge in [0.25, 0.3) is 0 Å². The lowest BCUT2D eigenvalue weighted by Gasteiger charge is -2.12. The third-order valence-corrected chi connectivity index (χ3v) is 2.63. The SMILES string of the molecule is COC(=O)c1ccc2c(c1)N(C)CC2. The highest BCUT2D eigenvalue weighted by atomic mass is 16.5. The summed E-state index contributed by atoms with van der Waals surface area (Å²) in [7, 11) is 3.44. The minimum absolute atomic E-state index is 0.270. The van der Waals surface area contributed by atoms with E-state index in [2.05, 4.69) is 9.64 Å². The molecule has 1 aliphatic heterocycles. The lowest BCUT2D eigenvalue weighted by Crippen LogP contribution is -2.13. The molecule has 0 spiro atoms. The molecule has 0 amide bonds. The Balaban J connectivity index is 2.39. The maximum absolute atomic E-state index is 11.3. The first kappa shape index (κ1) is 9.06. The van der Waals surface area contributed by atoms with Gasteiger partial charge in [0, 0.05) is 19.3 Å². The molecule has 1 aromatic carbocycles. The maximum Gasteiger partial charge on any atom is 0.337 e. The van der Waals surface area contributed by atoms with E-state index in [1.165, 1.54) is 12.7 Å². The number of esters is 1. The second-order valence-electron chi connectivity index (χ2n) is 3.51. The highest BCUT2D eigenvalue weighted by Gasteiger charge is 2.17. The third-order valence-electron chi connectivity index (χ3n) is 2.63. The van der Waals surface area contributed by atoms with Crippen LogP contribution >= 0.6 is 0 Å². The maximum atomic E-state index is 11.3. The number of anilines is 1. The van der Waals surface area contributed by atoms with Gasteiger partial charge in [-0.15, -0.1) is 0 Å². The molecule has 2 rings (SSSR count). The monoisotopic (exact) mass is 191 g/mol. The molecule has 0 fully saturated rings. The number of ether oxygens (including phenoxy) is 1. The molecule has 1 heterocycles. The molecule has 1 aliphatic rings. The number of benzene rings is 1. The summed E-state index contributed by atoms with van der Waals surface area (Å²) in [5.41, 5.74) is 3.08. The third kappa shape index (κ3) is 1.35. The lowest BCUT2D eigenvalue weighted by atomic mass is 10.1. The molecule has 14 heavy (non-hydrogen) atoms. The van der Waals surface area contributed by atoms with Crippen LogP contribution in [-0.4, -0.2) is 26.7 Å². The number of hydrogen-bond donors (Lipinski definition) is 0. The molecule has 74 valence electrons. The van der Waals surface area contributed by atoms with E-state index in [4.69, 9.17) is 0 Å². The smallest absolute Gasteiger partial charge is 0.337 e. The van der Waals surface area contributed by atoms with Crippen molar-refractivity contribution in [3.63, 3.8) is 0 Å². The second-order valence-corrected chi connectivity index (χ2v) is 3.51. The van der Waals surface area contributed by atoms with Crippen molar-refractivity contribution in [1.29, 1.82) is 0 Å². The Hall–Kier alpha value is -1.51. The quantitative estimate of drug-likeness (QED) is 0.629. The number of carbonyl (C=O) groups excluding carboxylic acids is 1. The number of rotatable bonds is 1. The zero-order valence-electron chi connectivity index (χ0n) is 8.41. The van der Waals surface area contributed by atoms with E-state index in [1.807, 2.05) is 25.2 Å². The Labute approximate surface area is 83.3 Å². The Bertz CT molecular complexity index is 374. The Morgan fingerprint density at radius 1 is 1.50 bits per heavy atom. The number of methoxy groups -OCH3 is 1. The number of fused-ring (bicyclic) bond motifs is 1. The van der Waals surface area contributed by atoms with Crippen LogP contribution in [0.3, 0.4) is 0 Å². The molecular weight excluding hydrogens is 178 g/mol. The highest BCUT2D eigenvalue weighted by molar-refractivity contribution is 5.91. The summed E-state index contributed by atoms with van der Waals surface area (Å²) in [5, 5.41) is 0. The van der Waals surface area contributed by atoms with Crippen LogP contribution in [0.1, 0.15) is 15.9 Å². The number of carbonyl (C=O) groups is 1. The standard InChI is InChI=1S/C11H13NO2/c1-12-6-5-8-3-4-9(7-10(8)12)11(13)14-2/h3-4,7H,5-6H2,1-2H3. The fraction of sp³-hybridized carbons (Fsp3) is 0.364. The summed E-state index contributed by atoms with van der Waals surface area (Å²) in [6, 6.07) is 5.73. The summed E-state index contributed by atoms with van der Waals surface area (Å²) in [4.78, 5) is 13.4. The molecule has 0 unspecified atom stereocenters. The van der Waals surface area contributed by atoms with Crippen LogP contribution in [0, 0.1) is 0 Å². The van der Waals surface area contributed by atoms with Gasteiger partial charge in [0.05, 0.1) is 12.7 Å². The topological polar surface area (TPSA) is 29.5 Å². The molecule has 0 saturated heterocycles. The van der Waals surface area contributed by atoms with Crippen LogP contribution in [0.2, 0.25) is 0 Å². The Kier molecular flexibility index (Phi) is 2.15. The van der Waals surface area contributed by atoms with Crippen LogP contribution in [-0.2, 0) is 11.2 Å². The van der Waals surface area contributed by atoms with Crippen molar-refractivity contribution >= 4 is 11.7 Å². The van der Waals surface area contributed by atoms with E-state index in [0.717, 1.165) is 18.7 Å². The molecule has 0 aromatic heterocycles. The first-order valence-corrected chi connectivity index (χ1v) is 4.65. The van der Waals surface area contributed by atoms with Crippen molar-refractivity contribution in [3.8, 4) is 0 Å². The Morgan fingerprint density at radius 3 is 3.00 bits per heavy atom. The lowest BCUT2D eigenvalue weighted by molar-refractivity contribution is 0.0601. The van der Waals surface area contributed by atoms with E-state index in [-0.39, 0.29) is 5.97 Å². The van der Waals surface area contributed by atoms with Crippen molar-refractivity contribution in [2.75, 3.05) is 25.6 Å². The van der Waals surface area contributed by atoms with Crippen LogP contribution in [0.5, 0.6) is 0 Å². The van der Waals surface area contributed by atoms with Crippen molar-refractivity contribution in [3.05, 3.63) is 29.3 Å². The number of nitrogens with zero attached hydrogens (tertiary/aromatic N) is 1. The van der Waals surface area contributed by atoms with Gasteiger partial charge >= 0.3 is 5.97 Å². The Morgan fingerprint density at radius 2 is 2.29 bits per heavy atom. The molecule has 3 nitrogen and oxygen atoms in total. The summed E-state index contributed by atoms with van der Waals surface area (Å²) in [6.07, 6.45) is 1.06. The van der Waals surface area contributed by atoms with Crippen LogP contribution < -0.4 is 4.90 Å². The molecule has 0 N–H and O–H groups in total. The summed E-state index contributed by atoms with van der Waals surface area (Å²) in [6.45, 7) is 1.03. The fourth-order valence-corrected chi connectivity index (χ4v) is 1.78. The van der Waals surface area contributed by atoms with E-state index < -0.39 is 0 Å². The van der Waals surface area contributed by atoms with Gasteiger partial charge in [-0.05, 0) is 24.1 Å². The fourth-order valence-electron chi connectivity index (χ4n) is 1.78. The summed E-state index contributed by atoms with van der Waals surface area (Å²) in [5.74, 6) is -0.270. The van der Waals surface area contributed by atoms with Crippen molar-refractivity contribution in [1.82, 2.24) is 0 Å². The molecule has 0 bridgehead atoms. The van der Waals surface area contributed by atoms with Crippen LogP contribution in [0.15, 0.2) is 18.2 Å². The zero-order chi connectivity index (χ0) is 10.1. The average molecular weight is 191 g/mol. The van der Waals surface area contributed by atoms with E-state index >= 15 is 0 Å². The van der Waals surface area contributed by atoms with Gasteiger partial charge in [-0.2, -0.15) is 0 Å².